The van der Waals surface area contributed by atoms with E-state index < -0.39 is 17.4 Å². The van der Waals surface area contributed by atoms with Crippen LogP contribution in [0.25, 0.3) is 0 Å². The summed E-state index contributed by atoms with van der Waals surface area (Å²) in [4.78, 5) is 12.7. The minimum absolute atomic E-state index is 0.0431. The molecule has 0 bridgehead atoms. The fourth-order valence-corrected chi connectivity index (χ4v) is 1.41. The third-order valence-corrected chi connectivity index (χ3v) is 2.10. The molecule has 0 spiro atoms. The molecule has 1 rings (SSSR count). The molecule has 0 radical (unpaired) electrons. The number of alkyl halides is 3. The van der Waals surface area contributed by atoms with Gasteiger partial charge in [0.2, 0.25) is 0 Å². The minimum atomic E-state index is -4.80. The van der Waals surface area contributed by atoms with E-state index in [1.165, 1.54) is 6.07 Å². The van der Waals surface area contributed by atoms with E-state index in [2.05, 4.69) is 4.74 Å². The Bertz CT molecular complexity index is 432. The molecule has 0 N–H and O–H groups in total. The molecule has 0 unspecified atom stereocenters. The van der Waals surface area contributed by atoms with Crippen molar-refractivity contribution in [1.82, 2.24) is 0 Å². The van der Waals surface area contributed by atoms with Gasteiger partial charge < -0.3 is 9.64 Å². The lowest BCUT2D eigenvalue weighted by molar-refractivity contribution is -0.274. The van der Waals surface area contributed by atoms with E-state index in [1.807, 2.05) is 0 Å². The van der Waals surface area contributed by atoms with E-state index in [9.17, 15) is 18.0 Å². The average molecular weight is 268 g/mol. The van der Waals surface area contributed by atoms with E-state index in [-0.39, 0.29) is 5.56 Å². The van der Waals surface area contributed by atoms with Gasteiger partial charge in [-0.05, 0) is 29.8 Å². The van der Waals surface area contributed by atoms with Gasteiger partial charge in [-0.2, -0.15) is 0 Å². The molecular formula is C10H9ClF3NO2. The van der Waals surface area contributed by atoms with Gasteiger partial charge >= 0.3 is 6.36 Å². The topological polar surface area (TPSA) is 29.5 Å². The van der Waals surface area contributed by atoms with Crippen molar-refractivity contribution in [3.63, 3.8) is 0 Å². The Balaban J connectivity index is 3.15. The molecule has 0 atom stereocenters. The minimum Gasteiger partial charge on any atom is -0.406 e. The van der Waals surface area contributed by atoms with E-state index in [0.29, 0.717) is 5.69 Å². The van der Waals surface area contributed by atoms with Crippen molar-refractivity contribution in [2.45, 2.75) is 6.36 Å². The summed E-state index contributed by atoms with van der Waals surface area (Å²) < 4.78 is 39.6. The van der Waals surface area contributed by atoms with E-state index in [0.717, 1.165) is 12.1 Å². The zero-order valence-electron chi connectivity index (χ0n) is 9.01. The average Bonchev–Trinajstić information content (AvgIpc) is 2.14. The Labute approximate surface area is 101 Å². The molecular weight excluding hydrogens is 259 g/mol. The summed E-state index contributed by atoms with van der Waals surface area (Å²) in [6, 6.07) is 3.40. The van der Waals surface area contributed by atoms with Gasteiger partial charge in [-0.15, -0.1) is 13.2 Å². The van der Waals surface area contributed by atoms with E-state index >= 15 is 0 Å². The van der Waals surface area contributed by atoms with E-state index in [1.54, 1.807) is 19.0 Å². The third-order valence-electron chi connectivity index (χ3n) is 1.90. The highest BCUT2D eigenvalue weighted by Crippen LogP contribution is 2.29. The van der Waals surface area contributed by atoms with Gasteiger partial charge in [0.1, 0.15) is 5.75 Å². The highest BCUT2D eigenvalue weighted by Gasteiger charge is 2.31. The SMILES string of the molecule is CN(C)c1ccc(OC(F)(F)F)cc1C(=O)Cl. The van der Waals surface area contributed by atoms with Crippen molar-refractivity contribution in [3.05, 3.63) is 23.8 Å². The van der Waals surface area contributed by atoms with Crippen LogP contribution < -0.4 is 9.64 Å². The summed E-state index contributed by atoms with van der Waals surface area (Å²) in [6.45, 7) is 0. The molecule has 0 saturated carbocycles. The van der Waals surface area contributed by atoms with Crippen molar-refractivity contribution in [3.8, 4) is 5.75 Å². The van der Waals surface area contributed by atoms with Gasteiger partial charge in [-0.3, -0.25) is 4.79 Å². The summed E-state index contributed by atoms with van der Waals surface area (Å²) >= 11 is 5.29. The lowest BCUT2D eigenvalue weighted by atomic mass is 10.1. The molecule has 0 aliphatic carbocycles. The number of benzene rings is 1. The molecule has 3 nitrogen and oxygen atoms in total. The van der Waals surface area contributed by atoms with Crippen LogP contribution in [0.1, 0.15) is 10.4 Å². The van der Waals surface area contributed by atoms with Gasteiger partial charge in [0, 0.05) is 19.8 Å². The number of carbonyl (C=O) groups excluding carboxylic acids is 1. The van der Waals surface area contributed by atoms with Crippen molar-refractivity contribution in [1.29, 1.82) is 0 Å². The zero-order valence-corrected chi connectivity index (χ0v) is 9.76. The highest BCUT2D eigenvalue weighted by molar-refractivity contribution is 6.68. The number of hydrogen-bond donors (Lipinski definition) is 0. The molecule has 0 aromatic heterocycles. The van der Waals surface area contributed by atoms with Gasteiger partial charge in [0.05, 0.1) is 5.56 Å². The molecule has 0 aliphatic heterocycles. The van der Waals surface area contributed by atoms with Crippen LogP contribution in [0.15, 0.2) is 18.2 Å². The quantitative estimate of drug-likeness (QED) is 0.789. The Morgan fingerprint density at radius 1 is 1.35 bits per heavy atom. The maximum Gasteiger partial charge on any atom is 0.573 e. The first-order valence-corrected chi connectivity index (χ1v) is 4.85. The number of halogens is 4. The number of hydrogen-bond acceptors (Lipinski definition) is 3. The monoisotopic (exact) mass is 267 g/mol. The first kappa shape index (κ1) is 13.6. The third kappa shape index (κ3) is 3.81. The van der Waals surface area contributed by atoms with Crippen LogP contribution in [0, 0.1) is 0 Å². The summed E-state index contributed by atoms with van der Waals surface area (Å²) in [6.07, 6.45) is -4.80. The normalized spacial score (nSPS) is 11.2. The molecule has 1 aromatic carbocycles. The molecule has 0 aliphatic rings. The summed E-state index contributed by atoms with van der Waals surface area (Å²) in [5.74, 6) is -0.480. The number of ether oxygens (including phenoxy) is 1. The Morgan fingerprint density at radius 3 is 2.35 bits per heavy atom. The summed E-state index contributed by atoms with van der Waals surface area (Å²) in [7, 11) is 3.28. The number of carbonyl (C=O) groups is 1. The lowest BCUT2D eigenvalue weighted by Gasteiger charge is -2.17. The van der Waals surface area contributed by atoms with Crippen molar-refractivity contribution >= 4 is 22.5 Å². The second kappa shape index (κ2) is 4.83. The molecule has 7 heteroatoms. The first-order chi connectivity index (χ1) is 7.70. The van der Waals surface area contributed by atoms with Crippen LogP contribution in [0.4, 0.5) is 18.9 Å². The molecule has 1 aromatic rings. The Morgan fingerprint density at radius 2 is 1.94 bits per heavy atom. The van der Waals surface area contributed by atoms with Crippen LogP contribution >= 0.6 is 11.6 Å². The van der Waals surface area contributed by atoms with Gasteiger partial charge in [0.15, 0.2) is 0 Å². The maximum atomic E-state index is 12.0. The van der Waals surface area contributed by atoms with Crippen molar-refractivity contribution in [2.24, 2.45) is 0 Å². The molecule has 0 saturated heterocycles. The maximum absolute atomic E-state index is 12.0. The van der Waals surface area contributed by atoms with Crippen LogP contribution in [0.2, 0.25) is 0 Å². The summed E-state index contributed by atoms with van der Waals surface area (Å²) in [5.41, 5.74) is 0.373. The Kier molecular flexibility index (Phi) is 3.87. The summed E-state index contributed by atoms with van der Waals surface area (Å²) in [5, 5.41) is -0.846. The van der Waals surface area contributed by atoms with Gasteiger partial charge in [0.25, 0.3) is 5.24 Å². The van der Waals surface area contributed by atoms with Crippen LogP contribution in [0.5, 0.6) is 5.75 Å². The fraction of sp³-hybridized carbons (Fsp3) is 0.300. The second-order valence-corrected chi connectivity index (χ2v) is 3.74. The first-order valence-electron chi connectivity index (χ1n) is 4.47. The lowest BCUT2D eigenvalue weighted by Crippen LogP contribution is -2.18. The predicted molar refractivity (Wildman–Crippen MR) is 57.6 cm³/mol. The smallest absolute Gasteiger partial charge is 0.406 e. The Hall–Kier alpha value is -1.43. The second-order valence-electron chi connectivity index (χ2n) is 3.39. The zero-order chi connectivity index (χ0) is 13.2. The molecule has 94 valence electrons. The molecule has 17 heavy (non-hydrogen) atoms. The van der Waals surface area contributed by atoms with Gasteiger partial charge in [-0.1, -0.05) is 0 Å². The standard InChI is InChI=1S/C10H9ClF3NO2/c1-15(2)8-4-3-6(17-10(12,13)14)5-7(8)9(11)16/h3-5H,1-2H3. The molecule has 0 fully saturated rings. The van der Waals surface area contributed by atoms with Crippen molar-refractivity contribution in [2.75, 3.05) is 19.0 Å². The van der Waals surface area contributed by atoms with Crippen LogP contribution in [-0.4, -0.2) is 25.7 Å². The van der Waals surface area contributed by atoms with Crippen LogP contribution in [0.3, 0.4) is 0 Å². The highest BCUT2D eigenvalue weighted by atomic mass is 35.5. The van der Waals surface area contributed by atoms with Crippen molar-refractivity contribution < 1.29 is 22.7 Å². The van der Waals surface area contributed by atoms with Crippen LogP contribution in [-0.2, 0) is 0 Å². The molecule has 0 amide bonds. The van der Waals surface area contributed by atoms with E-state index in [4.69, 9.17) is 11.6 Å². The fourth-order valence-electron chi connectivity index (χ4n) is 1.26. The number of rotatable bonds is 3. The number of anilines is 1. The number of nitrogens with zero attached hydrogens (tertiary/aromatic N) is 1. The largest absolute Gasteiger partial charge is 0.573 e. The molecule has 0 heterocycles. The predicted octanol–water partition coefficient (Wildman–Crippen LogP) is 3.03. The van der Waals surface area contributed by atoms with Gasteiger partial charge in [-0.25, -0.2) is 0 Å².